The van der Waals surface area contributed by atoms with Gasteiger partial charge in [0.1, 0.15) is 17.7 Å². The molecule has 0 aromatic heterocycles. The Hall–Kier alpha value is -0.810. The molecule has 1 unspecified atom stereocenters. The van der Waals surface area contributed by atoms with Crippen molar-refractivity contribution in [3.8, 4) is 0 Å². The van der Waals surface area contributed by atoms with Crippen molar-refractivity contribution in [3.63, 3.8) is 0 Å². The summed E-state index contributed by atoms with van der Waals surface area (Å²) in [6, 6.07) is 0. The number of likely N-dealkylation sites (N-methyl/N-ethyl adjacent to an activating group) is 1. The maximum atomic E-state index is 12.3. The summed E-state index contributed by atoms with van der Waals surface area (Å²) in [5, 5.41) is 0. The average molecular weight is 313 g/mol. The fourth-order valence-corrected chi connectivity index (χ4v) is 4.08. The van der Waals surface area contributed by atoms with Crippen molar-refractivity contribution < 1.29 is 18.8 Å². The van der Waals surface area contributed by atoms with Crippen LogP contribution in [0.15, 0.2) is 0 Å². The van der Waals surface area contributed by atoms with E-state index >= 15 is 0 Å². The Labute approximate surface area is 135 Å². The number of carbonyl (C=O) groups excluding carboxylic acids is 1. The van der Waals surface area contributed by atoms with Gasteiger partial charge in [0.25, 0.3) is 0 Å². The van der Waals surface area contributed by atoms with Crippen LogP contribution in [0.1, 0.15) is 40.0 Å². The fraction of sp³-hybridized carbons (Fsp3) is 0.941. The van der Waals surface area contributed by atoms with Gasteiger partial charge in [0.05, 0.1) is 21.1 Å². The molecule has 5 heteroatoms. The number of methoxy groups -OCH3 is 1. The van der Waals surface area contributed by atoms with E-state index in [1.807, 2.05) is 32.8 Å². The summed E-state index contributed by atoms with van der Waals surface area (Å²) >= 11 is 0. The van der Waals surface area contributed by atoms with Gasteiger partial charge in [0.2, 0.25) is 0 Å². The van der Waals surface area contributed by atoms with Crippen molar-refractivity contribution >= 4 is 6.09 Å². The molecule has 1 aliphatic heterocycles. The minimum Gasteiger partial charge on any atom is -0.444 e. The summed E-state index contributed by atoms with van der Waals surface area (Å²) in [7, 11) is 8.43. The molecule has 5 nitrogen and oxygen atoms in total. The number of quaternary nitrogens is 1. The van der Waals surface area contributed by atoms with Crippen LogP contribution in [-0.4, -0.2) is 74.6 Å². The molecule has 22 heavy (non-hydrogen) atoms. The van der Waals surface area contributed by atoms with E-state index in [4.69, 9.17) is 9.47 Å². The first kappa shape index (κ1) is 17.5. The van der Waals surface area contributed by atoms with Gasteiger partial charge in [-0.05, 0) is 40.0 Å². The summed E-state index contributed by atoms with van der Waals surface area (Å²) in [4.78, 5) is 14.2. The Balaban J connectivity index is 2.09. The normalized spacial score (nSPS) is 32.2. The highest BCUT2D eigenvalue weighted by Crippen LogP contribution is 2.58. The second-order valence-corrected chi connectivity index (χ2v) is 9.08. The molecule has 1 saturated carbocycles. The van der Waals surface area contributed by atoms with Crippen LogP contribution in [0.4, 0.5) is 4.79 Å². The SMILES string of the molecule is COC1(C[N+](C)(C)C)CC[C@@]12CCN(C(=O)OC(C)(C)C)C2. The molecule has 1 aliphatic carbocycles. The minimum atomic E-state index is -0.437. The van der Waals surface area contributed by atoms with Gasteiger partial charge >= 0.3 is 6.09 Å². The van der Waals surface area contributed by atoms with E-state index in [1.54, 1.807) is 0 Å². The number of nitrogens with zero attached hydrogens (tertiary/aromatic N) is 2. The summed E-state index contributed by atoms with van der Waals surface area (Å²) in [5.41, 5.74) is -0.445. The third-order valence-electron chi connectivity index (χ3n) is 5.10. The van der Waals surface area contributed by atoms with Crippen LogP contribution in [0.2, 0.25) is 0 Å². The molecule has 1 spiro atoms. The zero-order valence-electron chi connectivity index (χ0n) is 15.4. The van der Waals surface area contributed by atoms with Gasteiger partial charge in [-0.15, -0.1) is 0 Å². The zero-order valence-corrected chi connectivity index (χ0v) is 15.4. The lowest BCUT2D eigenvalue weighted by atomic mass is 9.55. The van der Waals surface area contributed by atoms with E-state index in [-0.39, 0.29) is 17.1 Å². The number of rotatable bonds is 3. The number of carbonyl (C=O) groups is 1. The lowest BCUT2D eigenvalue weighted by molar-refractivity contribution is -0.879. The first-order valence-electron chi connectivity index (χ1n) is 8.26. The number of likely N-dealkylation sites (tertiary alicyclic amines) is 1. The summed E-state index contributed by atoms with van der Waals surface area (Å²) in [5.74, 6) is 0. The van der Waals surface area contributed by atoms with Crippen molar-refractivity contribution in [2.24, 2.45) is 5.41 Å². The van der Waals surface area contributed by atoms with E-state index in [9.17, 15) is 4.79 Å². The Morgan fingerprint density at radius 2 is 1.82 bits per heavy atom. The molecular weight excluding hydrogens is 280 g/mol. The molecule has 2 rings (SSSR count). The quantitative estimate of drug-likeness (QED) is 0.752. The lowest BCUT2D eigenvalue weighted by Gasteiger charge is -2.57. The van der Waals surface area contributed by atoms with Crippen molar-refractivity contribution in [3.05, 3.63) is 0 Å². The highest BCUT2D eigenvalue weighted by atomic mass is 16.6. The molecule has 2 atom stereocenters. The van der Waals surface area contributed by atoms with Crippen LogP contribution in [0, 0.1) is 5.41 Å². The van der Waals surface area contributed by atoms with E-state index < -0.39 is 5.60 Å². The molecule has 1 amide bonds. The summed E-state index contributed by atoms with van der Waals surface area (Å²) < 4.78 is 12.4. The molecule has 2 fully saturated rings. The van der Waals surface area contributed by atoms with Gasteiger partial charge < -0.3 is 18.9 Å². The van der Waals surface area contributed by atoms with Crippen LogP contribution in [0.3, 0.4) is 0 Å². The van der Waals surface area contributed by atoms with Gasteiger partial charge in [0, 0.05) is 25.6 Å². The van der Waals surface area contributed by atoms with E-state index in [2.05, 4.69) is 21.1 Å². The van der Waals surface area contributed by atoms with Gasteiger partial charge in [0.15, 0.2) is 0 Å². The monoisotopic (exact) mass is 313 g/mol. The number of ether oxygens (including phenoxy) is 2. The van der Waals surface area contributed by atoms with Crippen LogP contribution >= 0.6 is 0 Å². The predicted molar refractivity (Wildman–Crippen MR) is 86.7 cm³/mol. The maximum Gasteiger partial charge on any atom is 0.410 e. The second-order valence-electron chi connectivity index (χ2n) is 9.08. The third-order valence-corrected chi connectivity index (χ3v) is 5.10. The van der Waals surface area contributed by atoms with E-state index in [0.717, 1.165) is 43.4 Å². The standard InChI is InChI=1S/C17H33N2O3/c1-15(2,3)22-14(20)18-11-10-16(12-18)8-9-17(16,21-7)13-19(4,5)6/h8-13H2,1-7H3/q+1/t16-,17?/m0/s1. The Kier molecular flexibility index (Phi) is 4.29. The Morgan fingerprint density at radius 1 is 1.18 bits per heavy atom. The van der Waals surface area contributed by atoms with E-state index in [0.29, 0.717) is 0 Å². The molecule has 0 bridgehead atoms. The van der Waals surface area contributed by atoms with Crippen molar-refractivity contribution in [2.75, 3.05) is 47.9 Å². The Bertz CT molecular complexity index is 434. The molecule has 0 aromatic rings. The average Bonchev–Trinajstić information content (AvgIpc) is 2.79. The minimum absolute atomic E-state index is 0.101. The fourth-order valence-electron chi connectivity index (χ4n) is 4.08. The van der Waals surface area contributed by atoms with Crippen LogP contribution in [0.5, 0.6) is 0 Å². The van der Waals surface area contributed by atoms with E-state index in [1.165, 1.54) is 0 Å². The maximum absolute atomic E-state index is 12.3. The van der Waals surface area contributed by atoms with Gasteiger partial charge in [-0.2, -0.15) is 0 Å². The van der Waals surface area contributed by atoms with Crippen LogP contribution in [-0.2, 0) is 9.47 Å². The third kappa shape index (κ3) is 3.25. The molecule has 0 N–H and O–H groups in total. The van der Waals surface area contributed by atoms with Crippen molar-refractivity contribution in [2.45, 2.75) is 51.2 Å². The van der Waals surface area contributed by atoms with Gasteiger partial charge in [-0.3, -0.25) is 0 Å². The molecule has 0 radical (unpaired) electrons. The largest absolute Gasteiger partial charge is 0.444 e. The number of hydrogen-bond donors (Lipinski definition) is 0. The Morgan fingerprint density at radius 3 is 2.23 bits per heavy atom. The van der Waals surface area contributed by atoms with Gasteiger partial charge in [-0.25, -0.2) is 4.79 Å². The second kappa shape index (κ2) is 5.38. The summed E-state index contributed by atoms with van der Waals surface area (Å²) in [6.07, 6.45) is 3.05. The number of hydrogen-bond acceptors (Lipinski definition) is 3. The first-order valence-corrected chi connectivity index (χ1v) is 8.26. The summed E-state index contributed by atoms with van der Waals surface area (Å²) in [6.45, 7) is 8.25. The van der Waals surface area contributed by atoms with Crippen LogP contribution in [0.25, 0.3) is 0 Å². The molecule has 128 valence electrons. The topological polar surface area (TPSA) is 38.8 Å². The molecule has 2 aliphatic rings. The molecular formula is C17H33N2O3+. The molecule has 1 heterocycles. The number of amides is 1. The highest BCUT2D eigenvalue weighted by Gasteiger charge is 2.64. The van der Waals surface area contributed by atoms with Gasteiger partial charge in [-0.1, -0.05) is 0 Å². The lowest BCUT2D eigenvalue weighted by Crippen LogP contribution is -2.66. The molecule has 0 aromatic carbocycles. The van der Waals surface area contributed by atoms with Crippen LogP contribution < -0.4 is 0 Å². The first-order chi connectivity index (χ1) is 9.92. The highest BCUT2D eigenvalue weighted by molar-refractivity contribution is 5.68. The smallest absolute Gasteiger partial charge is 0.410 e. The molecule has 1 saturated heterocycles. The van der Waals surface area contributed by atoms with Crippen molar-refractivity contribution in [1.29, 1.82) is 0 Å². The zero-order chi connectivity index (χ0) is 16.8. The van der Waals surface area contributed by atoms with Crippen molar-refractivity contribution in [1.82, 2.24) is 4.90 Å². The predicted octanol–water partition coefficient (Wildman–Crippen LogP) is 2.50.